The summed E-state index contributed by atoms with van der Waals surface area (Å²) in [6.07, 6.45) is 2.43. The van der Waals surface area contributed by atoms with Crippen molar-refractivity contribution < 1.29 is 0 Å². The van der Waals surface area contributed by atoms with Crippen LogP contribution >= 0.6 is 0 Å². The molecule has 1 atom stereocenters. The van der Waals surface area contributed by atoms with Crippen molar-refractivity contribution in [2.75, 3.05) is 25.5 Å². The fourth-order valence-electron chi connectivity index (χ4n) is 2.22. The minimum Gasteiger partial charge on any atom is -0.378 e. The number of benzene rings is 1. The van der Waals surface area contributed by atoms with Crippen molar-refractivity contribution in [3.63, 3.8) is 0 Å². The van der Waals surface area contributed by atoms with Crippen LogP contribution in [0.15, 0.2) is 24.3 Å². The lowest BCUT2D eigenvalue weighted by Crippen LogP contribution is -2.22. The lowest BCUT2D eigenvalue weighted by atomic mass is 9.87. The van der Waals surface area contributed by atoms with Crippen LogP contribution in [0.4, 0.5) is 5.69 Å². The monoisotopic (exact) mass is 262 g/mol. The van der Waals surface area contributed by atoms with Gasteiger partial charge in [0.15, 0.2) is 0 Å². The minimum atomic E-state index is 0.400. The van der Waals surface area contributed by atoms with Gasteiger partial charge in [-0.05, 0) is 42.5 Å². The Hall–Kier alpha value is -1.02. The molecule has 0 heterocycles. The normalized spacial score (nSPS) is 13.4. The second-order valence-corrected chi connectivity index (χ2v) is 6.70. The minimum absolute atomic E-state index is 0.400. The van der Waals surface area contributed by atoms with Crippen molar-refractivity contribution >= 4 is 5.69 Å². The highest BCUT2D eigenvalue weighted by Crippen LogP contribution is 2.28. The molecular weight excluding hydrogens is 232 g/mol. The average Bonchev–Trinajstić information content (AvgIpc) is 2.33. The van der Waals surface area contributed by atoms with Crippen molar-refractivity contribution in [3.05, 3.63) is 29.8 Å². The van der Waals surface area contributed by atoms with Crippen LogP contribution in [0.25, 0.3) is 0 Å². The van der Waals surface area contributed by atoms with Gasteiger partial charge in [-0.2, -0.15) is 0 Å². The van der Waals surface area contributed by atoms with Gasteiger partial charge in [0.2, 0.25) is 0 Å². The van der Waals surface area contributed by atoms with Crippen LogP contribution in [0.2, 0.25) is 0 Å². The van der Waals surface area contributed by atoms with Gasteiger partial charge in [-0.25, -0.2) is 0 Å². The van der Waals surface area contributed by atoms with Crippen LogP contribution in [0.3, 0.4) is 0 Å². The molecule has 0 radical (unpaired) electrons. The fraction of sp³-hybridized carbons (Fsp3) is 0.647. The molecule has 1 rings (SSSR count). The molecule has 1 aromatic carbocycles. The van der Waals surface area contributed by atoms with Gasteiger partial charge in [-0.1, -0.05) is 39.8 Å². The summed E-state index contributed by atoms with van der Waals surface area (Å²) >= 11 is 0. The summed E-state index contributed by atoms with van der Waals surface area (Å²) in [7, 11) is 4.16. The Morgan fingerprint density at radius 1 is 1.11 bits per heavy atom. The Kier molecular flexibility index (Phi) is 5.86. The quantitative estimate of drug-likeness (QED) is 0.825. The first-order valence-corrected chi connectivity index (χ1v) is 7.34. The SMILES string of the molecule is CCNC(CCC(C)(C)C)c1ccc(N(C)C)cc1. The van der Waals surface area contributed by atoms with Crippen LogP contribution in [0, 0.1) is 5.41 Å². The molecule has 2 heteroatoms. The molecule has 0 aliphatic heterocycles. The summed E-state index contributed by atoms with van der Waals surface area (Å²) in [6, 6.07) is 9.39. The zero-order valence-corrected chi connectivity index (χ0v) is 13.5. The third-order valence-electron chi connectivity index (χ3n) is 3.45. The molecule has 0 aliphatic rings. The molecule has 0 saturated heterocycles. The van der Waals surface area contributed by atoms with Crippen LogP contribution in [0.5, 0.6) is 0 Å². The smallest absolute Gasteiger partial charge is 0.0361 e. The number of rotatable bonds is 6. The molecule has 19 heavy (non-hydrogen) atoms. The lowest BCUT2D eigenvalue weighted by molar-refractivity contribution is 0.334. The van der Waals surface area contributed by atoms with Gasteiger partial charge in [0, 0.05) is 25.8 Å². The zero-order valence-electron chi connectivity index (χ0n) is 13.5. The Bertz CT molecular complexity index is 360. The van der Waals surface area contributed by atoms with Crippen LogP contribution in [0.1, 0.15) is 52.1 Å². The van der Waals surface area contributed by atoms with E-state index in [-0.39, 0.29) is 0 Å². The summed E-state index contributed by atoms with van der Waals surface area (Å²) in [5.41, 5.74) is 3.06. The van der Waals surface area contributed by atoms with Gasteiger partial charge in [-0.3, -0.25) is 0 Å². The van der Waals surface area contributed by atoms with Crippen molar-refractivity contribution in [2.45, 2.75) is 46.6 Å². The zero-order chi connectivity index (χ0) is 14.5. The molecule has 0 bridgehead atoms. The van der Waals surface area contributed by atoms with E-state index in [2.05, 4.69) is 76.3 Å². The van der Waals surface area contributed by atoms with Gasteiger partial charge in [0.05, 0.1) is 0 Å². The van der Waals surface area contributed by atoms with Crippen molar-refractivity contribution in [2.24, 2.45) is 5.41 Å². The van der Waals surface area contributed by atoms with Crippen LogP contribution in [-0.2, 0) is 0 Å². The third kappa shape index (κ3) is 5.65. The van der Waals surface area contributed by atoms with Gasteiger partial charge in [-0.15, -0.1) is 0 Å². The van der Waals surface area contributed by atoms with Crippen molar-refractivity contribution in [1.29, 1.82) is 0 Å². The lowest BCUT2D eigenvalue weighted by Gasteiger charge is -2.24. The van der Waals surface area contributed by atoms with E-state index in [1.807, 2.05) is 0 Å². The maximum absolute atomic E-state index is 3.61. The number of nitrogens with one attached hydrogen (secondary N) is 1. The van der Waals surface area contributed by atoms with Crippen LogP contribution in [-0.4, -0.2) is 20.6 Å². The number of anilines is 1. The molecular formula is C17H30N2. The molecule has 0 saturated carbocycles. The summed E-state index contributed by atoms with van der Waals surface area (Å²) < 4.78 is 0. The average molecular weight is 262 g/mol. The number of hydrogen-bond donors (Lipinski definition) is 1. The maximum atomic E-state index is 3.61. The summed E-state index contributed by atoms with van der Waals surface area (Å²) in [4.78, 5) is 2.14. The molecule has 1 N–H and O–H groups in total. The fourth-order valence-corrected chi connectivity index (χ4v) is 2.22. The van der Waals surface area contributed by atoms with Gasteiger partial charge >= 0.3 is 0 Å². The Balaban J connectivity index is 2.75. The molecule has 0 aliphatic carbocycles. The predicted octanol–water partition coefficient (Wildman–Crippen LogP) is 4.23. The molecule has 0 amide bonds. The van der Waals surface area contributed by atoms with Crippen molar-refractivity contribution in [3.8, 4) is 0 Å². The third-order valence-corrected chi connectivity index (χ3v) is 3.45. The van der Waals surface area contributed by atoms with Crippen molar-refractivity contribution in [1.82, 2.24) is 5.32 Å². The summed E-state index contributed by atoms with van der Waals surface area (Å²) in [6.45, 7) is 10.1. The summed E-state index contributed by atoms with van der Waals surface area (Å²) in [5, 5.41) is 3.61. The number of nitrogens with zero attached hydrogens (tertiary/aromatic N) is 1. The number of hydrogen-bond acceptors (Lipinski definition) is 2. The Morgan fingerprint density at radius 3 is 2.11 bits per heavy atom. The first kappa shape index (κ1) is 16.0. The van der Waals surface area contributed by atoms with E-state index < -0.39 is 0 Å². The Labute approximate surface area is 119 Å². The topological polar surface area (TPSA) is 15.3 Å². The van der Waals surface area contributed by atoms with E-state index in [4.69, 9.17) is 0 Å². The second-order valence-electron chi connectivity index (χ2n) is 6.70. The first-order valence-electron chi connectivity index (χ1n) is 7.34. The largest absolute Gasteiger partial charge is 0.378 e. The molecule has 0 spiro atoms. The van der Waals surface area contributed by atoms with Gasteiger partial charge < -0.3 is 10.2 Å². The molecule has 0 aromatic heterocycles. The molecule has 108 valence electrons. The van der Waals surface area contributed by atoms with E-state index >= 15 is 0 Å². The molecule has 2 nitrogen and oxygen atoms in total. The highest BCUT2D eigenvalue weighted by molar-refractivity contribution is 5.46. The van der Waals surface area contributed by atoms with Crippen LogP contribution < -0.4 is 10.2 Å². The molecule has 1 aromatic rings. The van der Waals surface area contributed by atoms with E-state index in [0.29, 0.717) is 11.5 Å². The Morgan fingerprint density at radius 2 is 1.68 bits per heavy atom. The highest BCUT2D eigenvalue weighted by atomic mass is 15.1. The van der Waals surface area contributed by atoms with E-state index in [1.165, 1.54) is 24.1 Å². The highest BCUT2D eigenvalue weighted by Gasteiger charge is 2.16. The standard InChI is InChI=1S/C17H30N2/c1-7-18-16(12-13-17(2,3)4)14-8-10-15(11-9-14)19(5)6/h8-11,16,18H,7,12-13H2,1-6H3. The van der Waals surface area contributed by atoms with E-state index in [9.17, 15) is 0 Å². The van der Waals surface area contributed by atoms with Gasteiger partial charge in [0.1, 0.15) is 0 Å². The predicted molar refractivity (Wildman–Crippen MR) is 85.9 cm³/mol. The second kappa shape index (κ2) is 6.95. The van der Waals surface area contributed by atoms with E-state index in [0.717, 1.165) is 6.54 Å². The summed E-state index contributed by atoms with van der Waals surface area (Å²) in [5.74, 6) is 0. The van der Waals surface area contributed by atoms with Gasteiger partial charge in [0.25, 0.3) is 0 Å². The molecule has 0 fully saturated rings. The maximum Gasteiger partial charge on any atom is 0.0361 e. The first-order chi connectivity index (χ1) is 8.83. The molecule has 1 unspecified atom stereocenters. The van der Waals surface area contributed by atoms with E-state index in [1.54, 1.807) is 0 Å².